The first-order chi connectivity index (χ1) is 20.3. The Bertz CT molecular complexity index is 1670. The highest BCUT2D eigenvalue weighted by atomic mass is 16.5. The van der Waals surface area contributed by atoms with Gasteiger partial charge in [-0.3, -0.25) is 15.1 Å². The second-order valence-corrected chi connectivity index (χ2v) is 10.9. The minimum absolute atomic E-state index is 0.227. The van der Waals surface area contributed by atoms with Crippen LogP contribution in [0.25, 0.3) is 16.5 Å². The van der Waals surface area contributed by atoms with Crippen LogP contribution >= 0.6 is 0 Å². The Morgan fingerprint density at radius 3 is 2.43 bits per heavy atom. The number of nitrogens with one attached hydrogen (secondary N) is 3. The smallest absolute Gasteiger partial charge is 0.324 e. The van der Waals surface area contributed by atoms with E-state index in [0.29, 0.717) is 31.1 Å². The summed E-state index contributed by atoms with van der Waals surface area (Å²) in [6.07, 6.45) is 5.01. The molecule has 0 spiro atoms. The van der Waals surface area contributed by atoms with Crippen molar-refractivity contribution in [3.8, 4) is 11.4 Å². The molecule has 0 saturated heterocycles. The molecule has 0 aliphatic heterocycles. The Balaban J connectivity index is 1.34. The molecule has 9 heteroatoms. The minimum Gasteiger partial charge on any atom is -0.493 e. The van der Waals surface area contributed by atoms with Crippen LogP contribution in [-0.4, -0.2) is 33.8 Å². The Hall–Kier alpha value is -5.18. The SMILES string of the molecule is CC(C)(C)c1cc(NC(=O)Nc2ccc(OCCc3cccnc3)c3ccccc23)n(-c2ccc(CNC=O)cc2)n1. The number of carbonyl (C=O) groups excluding carboxylic acids is 2. The molecule has 2 heterocycles. The average molecular weight is 563 g/mol. The lowest BCUT2D eigenvalue weighted by Gasteiger charge is -2.14. The summed E-state index contributed by atoms with van der Waals surface area (Å²) in [5.41, 5.74) is 4.12. The molecule has 0 fully saturated rings. The van der Waals surface area contributed by atoms with Crippen LogP contribution in [0.1, 0.15) is 37.6 Å². The van der Waals surface area contributed by atoms with E-state index >= 15 is 0 Å². The fourth-order valence-corrected chi connectivity index (χ4v) is 4.55. The van der Waals surface area contributed by atoms with Crippen LogP contribution in [0.3, 0.4) is 0 Å². The van der Waals surface area contributed by atoms with Crippen molar-refractivity contribution >= 4 is 34.7 Å². The molecule has 0 atom stereocenters. The second-order valence-electron chi connectivity index (χ2n) is 10.9. The number of rotatable bonds is 10. The van der Waals surface area contributed by atoms with Crippen LogP contribution in [0.4, 0.5) is 16.3 Å². The Labute approximate surface area is 244 Å². The number of hydrogen-bond donors (Lipinski definition) is 3. The van der Waals surface area contributed by atoms with Gasteiger partial charge in [0, 0.05) is 47.6 Å². The van der Waals surface area contributed by atoms with E-state index in [-0.39, 0.29) is 11.4 Å². The van der Waals surface area contributed by atoms with Crippen molar-refractivity contribution < 1.29 is 14.3 Å². The van der Waals surface area contributed by atoms with Gasteiger partial charge in [0.1, 0.15) is 11.6 Å². The number of carbonyl (C=O) groups is 2. The maximum absolute atomic E-state index is 13.3. The van der Waals surface area contributed by atoms with Gasteiger partial charge < -0.3 is 15.4 Å². The molecular formula is C33H34N6O3. The van der Waals surface area contributed by atoms with E-state index in [0.717, 1.165) is 45.5 Å². The third-order valence-corrected chi connectivity index (χ3v) is 6.79. The standard InChI is InChI=1S/C33H34N6O3/c1-33(2,3)30-19-31(39(38-30)25-12-10-24(11-13-25)21-35-22-40)37-32(41)36-28-14-15-29(27-9-5-4-8-26(27)28)42-18-16-23-7-6-17-34-20-23/h4-15,17,19-20,22H,16,18,21H2,1-3H3,(H,35,40)(H2,36,37,41). The summed E-state index contributed by atoms with van der Waals surface area (Å²) in [6, 6.07) is 24.7. The van der Waals surface area contributed by atoms with Crippen molar-refractivity contribution in [2.45, 2.75) is 39.2 Å². The van der Waals surface area contributed by atoms with Gasteiger partial charge in [-0.15, -0.1) is 0 Å². The highest BCUT2D eigenvalue weighted by Crippen LogP contribution is 2.32. The number of nitrogens with zero attached hydrogens (tertiary/aromatic N) is 3. The fraction of sp³-hybridized carbons (Fsp3) is 0.212. The molecule has 0 aliphatic carbocycles. The van der Waals surface area contributed by atoms with Crippen LogP contribution in [-0.2, 0) is 23.2 Å². The number of pyridine rings is 1. The number of urea groups is 1. The molecule has 0 saturated carbocycles. The van der Waals surface area contributed by atoms with Crippen LogP contribution < -0.4 is 20.7 Å². The van der Waals surface area contributed by atoms with Gasteiger partial charge in [0.05, 0.1) is 23.7 Å². The summed E-state index contributed by atoms with van der Waals surface area (Å²) in [6.45, 7) is 7.17. The van der Waals surface area contributed by atoms with E-state index in [4.69, 9.17) is 9.84 Å². The molecule has 9 nitrogen and oxygen atoms in total. The van der Waals surface area contributed by atoms with Gasteiger partial charge in [0.15, 0.2) is 0 Å². The molecule has 3 N–H and O–H groups in total. The number of ether oxygens (including phenoxy) is 1. The van der Waals surface area contributed by atoms with E-state index in [1.165, 1.54) is 0 Å². The van der Waals surface area contributed by atoms with Crippen molar-refractivity contribution in [1.82, 2.24) is 20.1 Å². The first-order valence-corrected chi connectivity index (χ1v) is 13.8. The first-order valence-electron chi connectivity index (χ1n) is 13.8. The predicted molar refractivity (Wildman–Crippen MR) is 165 cm³/mol. The molecule has 5 aromatic rings. The monoisotopic (exact) mass is 562 g/mol. The van der Waals surface area contributed by atoms with Crippen LogP contribution in [0.15, 0.2) is 91.3 Å². The van der Waals surface area contributed by atoms with Crippen LogP contribution in [0.2, 0.25) is 0 Å². The van der Waals surface area contributed by atoms with Gasteiger partial charge in [0.25, 0.3) is 0 Å². The molecule has 0 aliphatic rings. The van der Waals surface area contributed by atoms with Gasteiger partial charge in [-0.1, -0.05) is 63.2 Å². The summed E-state index contributed by atoms with van der Waals surface area (Å²) in [5, 5.41) is 15.2. The van der Waals surface area contributed by atoms with Crippen molar-refractivity contribution in [3.05, 3.63) is 108 Å². The third-order valence-electron chi connectivity index (χ3n) is 6.79. The maximum atomic E-state index is 13.3. The Kier molecular flexibility index (Phi) is 8.47. The van der Waals surface area contributed by atoms with E-state index < -0.39 is 0 Å². The average Bonchev–Trinajstić information content (AvgIpc) is 3.42. The van der Waals surface area contributed by atoms with Gasteiger partial charge >= 0.3 is 6.03 Å². The zero-order valence-corrected chi connectivity index (χ0v) is 23.9. The lowest BCUT2D eigenvalue weighted by Crippen LogP contribution is -2.21. The van der Waals surface area contributed by atoms with E-state index in [2.05, 4.69) is 41.7 Å². The molecular weight excluding hydrogens is 528 g/mol. The first kappa shape index (κ1) is 28.4. The highest BCUT2D eigenvalue weighted by Gasteiger charge is 2.22. The minimum atomic E-state index is -0.390. The topological polar surface area (TPSA) is 110 Å². The highest BCUT2D eigenvalue weighted by molar-refractivity contribution is 6.07. The van der Waals surface area contributed by atoms with Crippen molar-refractivity contribution in [1.29, 1.82) is 0 Å². The largest absolute Gasteiger partial charge is 0.493 e. The number of benzene rings is 3. The summed E-state index contributed by atoms with van der Waals surface area (Å²) >= 11 is 0. The van der Waals surface area contributed by atoms with Crippen molar-refractivity contribution in [2.24, 2.45) is 0 Å². The molecule has 0 unspecified atom stereocenters. The van der Waals surface area contributed by atoms with Gasteiger partial charge in [-0.2, -0.15) is 5.10 Å². The fourth-order valence-electron chi connectivity index (χ4n) is 4.55. The number of fused-ring (bicyclic) bond motifs is 1. The van der Waals surface area contributed by atoms with Gasteiger partial charge in [-0.25, -0.2) is 9.48 Å². The number of aromatic nitrogens is 3. The number of anilines is 2. The Morgan fingerprint density at radius 2 is 1.71 bits per heavy atom. The molecule has 2 aromatic heterocycles. The molecule has 0 bridgehead atoms. The van der Waals surface area contributed by atoms with E-state index in [1.54, 1.807) is 10.9 Å². The molecule has 214 valence electrons. The quantitative estimate of drug-likeness (QED) is 0.175. The summed E-state index contributed by atoms with van der Waals surface area (Å²) < 4.78 is 7.84. The lowest BCUT2D eigenvalue weighted by molar-refractivity contribution is -0.109. The van der Waals surface area contributed by atoms with Crippen LogP contribution in [0.5, 0.6) is 5.75 Å². The second kappa shape index (κ2) is 12.6. The number of hydrogen-bond acceptors (Lipinski definition) is 5. The normalized spacial score (nSPS) is 11.2. The molecule has 5 rings (SSSR count). The molecule has 42 heavy (non-hydrogen) atoms. The molecule has 3 aromatic carbocycles. The van der Waals surface area contributed by atoms with E-state index in [9.17, 15) is 9.59 Å². The van der Waals surface area contributed by atoms with Gasteiger partial charge in [-0.05, 0) is 41.5 Å². The lowest BCUT2D eigenvalue weighted by atomic mass is 9.92. The zero-order valence-electron chi connectivity index (χ0n) is 23.9. The third kappa shape index (κ3) is 6.75. The van der Waals surface area contributed by atoms with Crippen molar-refractivity contribution in [3.63, 3.8) is 0 Å². The maximum Gasteiger partial charge on any atom is 0.324 e. The summed E-state index contributed by atoms with van der Waals surface area (Å²) in [5.74, 6) is 1.29. The van der Waals surface area contributed by atoms with Crippen LogP contribution in [0, 0.1) is 0 Å². The van der Waals surface area contributed by atoms with E-state index in [1.807, 2.05) is 85.1 Å². The van der Waals surface area contributed by atoms with Crippen molar-refractivity contribution in [2.75, 3.05) is 17.2 Å². The summed E-state index contributed by atoms with van der Waals surface area (Å²) in [4.78, 5) is 28.1. The molecule has 3 amide bonds. The Morgan fingerprint density at radius 1 is 0.929 bits per heavy atom. The molecule has 0 radical (unpaired) electrons. The predicted octanol–water partition coefficient (Wildman–Crippen LogP) is 6.23. The summed E-state index contributed by atoms with van der Waals surface area (Å²) in [7, 11) is 0. The zero-order chi connectivity index (χ0) is 29.5. The van der Waals surface area contributed by atoms with Gasteiger partial charge in [0.2, 0.25) is 6.41 Å². The number of amides is 3.